The average Bonchev–Trinajstić information content (AvgIpc) is 2.94. The first-order chi connectivity index (χ1) is 9.56. The number of fused-ring (bicyclic) bond motifs is 1. The van der Waals surface area contributed by atoms with Crippen LogP contribution < -0.4 is 0 Å². The molecule has 0 saturated heterocycles. The zero-order valence-corrected chi connectivity index (χ0v) is 11.0. The molecule has 3 aromatic rings. The molecule has 2 aromatic heterocycles. The largest absolute Gasteiger partial charge is 0.478 e. The molecule has 0 unspecified atom stereocenters. The number of aryl methyl sites for hydroxylation is 2. The van der Waals surface area contributed by atoms with E-state index in [0.717, 1.165) is 11.5 Å². The summed E-state index contributed by atoms with van der Waals surface area (Å²) in [5, 5.41) is 17.2. The Hall–Kier alpha value is -2.70. The summed E-state index contributed by atoms with van der Waals surface area (Å²) >= 11 is 0. The molecule has 7 heteroatoms. The lowest BCUT2D eigenvalue weighted by molar-refractivity contribution is 0.0698. The number of oxazole rings is 1. The van der Waals surface area contributed by atoms with Crippen LogP contribution in [0.4, 0.5) is 0 Å². The Morgan fingerprint density at radius 1 is 1.40 bits per heavy atom. The number of para-hydroxylation sites is 1. The molecular weight excluding hydrogens is 260 g/mol. The monoisotopic (exact) mass is 272 g/mol. The highest BCUT2D eigenvalue weighted by molar-refractivity contribution is 6.00. The highest BCUT2D eigenvalue weighted by Crippen LogP contribution is 2.18. The zero-order valence-electron chi connectivity index (χ0n) is 11.0. The van der Waals surface area contributed by atoms with Gasteiger partial charge >= 0.3 is 5.97 Å². The Labute approximate surface area is 113 Å². The number of aromatic carboxylic acids is 1. The molecule has 1 N–H and O–H groups in total. The van der Waals surface area contributed by atoms with E-state index in [4.69, 9.17) is 4.42 Å². The molecule has 3 rings (SSSR count). The van der Waals surface area contributed by atoms with Crippen molar-refractivity contribution in [3.8, 4) is 0 Å². The lowest BCUT2D eigenvalue weighted by atomic mass is 10.2. The molecular formula is C13H12N4O3. The van der Waals surface area contributed by atoms with E-state index in [1.807, 2.05) is 13.8 Å². The lowest BCUT2D eigenvalue weighted by Gasteiger charge is -2.01. The van der Waals surface area contributed by atoms with E-state index in [-0.39, 0.29) is 12.1 Å². The second-order valence-electron chi connectivity index (χ2n) is 4.47. The summed E-state index contributed by atoms with van der Waals surface area (Å²) in [4.78, 5) is 15.5. The Bertz CT molecular complexity index is 784. The van der Waals surface area contributed by atoms with E-state index in [0.29, 0.717) is 16.9 Å². The molecule has 0 atom stereocenters. The summed E-state index contributed by atoms with van der Waals surface area (Å²) in [5.74, 6) is 0.203. The molecule has 0 aliphatic heterocycles. The molecule has 0 radical (unpaired) electrons. The van der Waals surface area contributed by atoms with E-state index in [9.17, 15) is 9.90 Å². The predicted octanol–water partition coefficient (Wildman–Crippen LogP) is 1.78. The molecule has 7 nitrogen and oxygen atoms in total. The number of aromatic nitrogens is 4. The van der Waals surface area contributed by atoms with Gasteiger partial charge in [-0.3, -0.25) is 0 Å². The van der Waals surface area contributed by atoms with Crippen LogP contribution in [0, 0.1) is 13.8 Å². The van der Waals surface area contributed by atoms with Gasteiger partial charge in [0.05, 0.1) is 11.3 Å². The molecule has 0 spiro atoms. The van der Waals surface area contributed by atoms with Crippen LogP contribution in [0.1, 0.15) is 27.7 Å². The highest BCUT2D eigenvalue weighted by Gasteiger charge is 2.16. The molecule has 0 saturated carbocycles. The van der Waals surface area contributed by atoms with Gasteiger partial charge in [0.25, 0.3) is 0 Å². The van der Waals surface area contributed by atoms with Gasteiger partial charge in [-0.15, -0.1) is 5.10 Å². The Balaban J connectivity index is 2.10. The van der Waals surface area contributed by atoms with Crippen molar-refractivity contribution < 1.29 is 14.3 Å². The first kappa shape index (κ1) is 12.3. The molecule has 0 amide bonds. The van der Waals surface area contributed by atoms with Crippen LogP contribution in [0.5, 0.6) is 0 Å². The second-order valence-corrected chi connectivity index (χ2v) is 4.47. The standard InChI is InChI=1S/C13H12N4O3/c1-7-8(2)20-11(14-7)6-17-12-9(13(18)19)4-3-5-10(12)15-16-17/h3-5H,6H2,1-2H3,(H,18,19). The fraction of sp³-hybridized carbons (Fsp3) is 0.231. The topological polar surface area (TPSA) is 94.0 Å². The lowest BCUT2D eigenvalue weighted by Crippen LogP contribution is -2.06. The number of rotatable bonds is 3. The molecule has 20 heavy (non-hydrogen) atoms. The number of nitrogens with zero attached hydrogens (tertiary/aromatic N) is 4. The van der Waals surface area contributed by atoms with Crippen molar-refractivity contribution in [3.05, 3.63) is 41.1 Å². The Morgan fingerprint density at radius 3 is 2.85 bits per heavy atom. The van der Waals surface area contributed by atoms with Gasteiger partial charge in [0, 0.05) is 0 Å². The fourth-order valence-electron chi connectivity index (χ4n) is 2.05. The van der Waals surface area contributed by atoms with Gasteiger partial charge < -0.3 is 9.52 Å². The van der Waals surface area contributed by atoms with Crippen molar-refractivity contribution in [1.82, 2.24) is 20.0 Å². The minimum atomic E-state index is -1.01. The maximum absolute atomic E-state index is 11.3. The number of hydrogen-bond acceptors (Lipinski definition) is 5. The maximum Gasteiger partial charge on any atom is 0.337 e. The van der Waals surface area contributed by atoms with Crippen molar-refractivity contribution in [3.63, 3.8) is 0 Å². The molecule has 102 valence electrons. The van der Waals surface area contributed by atoms with E-state index >= 15 is 0 Å². The van der Waals surface area contributed by atoms with Crippen molar-refractivity contribution in [2.45, 2.75) is 20.4 Å². The first-order valence-corrected chi connectivity index (χ1v) is 6.04. The number of carbonyl (C=O) groups is 1. The summed E-state index contributed by atoms with van der Waals surface area (Å²) in [6, 6.07) is 4.89. The van der Waals surface area contributed by atoms with Crippen molar-refractivity contribution >= 4 is 17.0 Å². The van der Waals surface area contributed by atoms with Gasteiger partial charge in [0.15, 0.2) is 0 Å². The van der Waals surface area contributed by atoms with Gasteiger partial charge in [-0.25, -0.2) is 14.5 Å². The predicted molar refractivity (Wildman–Crippen MR) is 69.6 cm³/mol. The maximum atomic E-state index is 11.3. The average molecular weight is 272 g/mol. The Kier molecular flexibility index (Phi) is 2.74. The normalized spacial score (nSPS) is 11.1. The molecule has 0 bridgehead atoms. The highest BCUT2D eigenvalue weighted by atomic mass is 16.4. The minimum absolute atomic E-state index is 0.160. The van der Waals surface area contributed by atoms with Crippen molar-refractivity contribution in [2.24, 2.45) is 0 Å². The third-order valence-corrected chi connectivity index (χ3v) is 3.12. The number of carboxylic acid groups (broad SMARTS) is 1. The van der Waals surface area contributed by atoms with Crippen molar-refractivity contribution in [2.75, 3.05) is 0 Å². The summed E-state index contributed by atoms with van der Waals surface area (Å²) in [6.45, 7) is 3.92. The van der Waals surface area contributed by atoms with Crippen LogP contribution in [-0.2, 0) is 6.54 Å². The van der Waals surface area contributed by atoms with E-state index < -0.39 is 5.97 Å². The number of hydrogen-bond donors (Lipinski definition) is 1. The van der Waals surface area contributed by atoms with E-state index in [1.165, 1.54) is 10.7 Å². The molecule has 1 aromatic carbocycles. The van der Waals surface area contributed by atoms with Crippen LogP contribution in [0.15, 0.2) is 22.6 Å². The van der Waals surface area contributed by atoms with Crippen LogP contribution in [0.2, 0.25) is 0 Å². The third kappa shape index (κ3) is 1.93. The molecule has 0 fully saturated rings. The first-order valence-electron chi connectivity index (χ1n) is 6.04. The molecule has 2 heterocycles. The summed E-state index contributed by atoms with van der Waals surface area (Å²) in [7, 11) is 0. The molecule has 0 aliphatic rings. The number of carboxylic acids is 1. The SMILES string of the molecule is Cc1nc(Cn2nnc3cccc(C(=O)O)c32)oc1C. The Morgan fingerprint density at radius 2 is 2.20 bits per heavy atom. The van der Waals surface area contributed by atoms with Crippen LogP contribution in [0.3, 0.4) is 0 Å². The zero-order chi connectivity index (χ0) is 14.3. The van der Waals surface area contributed by atoms with Gasteiger partial charge in [-0.05, 0) is 26.0 Å². The van der Waals surface area contributed by atoms with Gasteiger partial charge in [-0.2, -0.15) is 0 Å². The summed E-state index contributed by atoms with van der Waals surface area (Å²) in [5.41, 5.74) is 1.97. The van der Waals surface area contributed by atoms with Gasteiger partial charge in [-0.1, -0.05) is 11.3 Å². The smallest absolute Gasteiger partial charge is 0.337 e. The summed E-state index contributed by atoms with van der Waals surface area (Å²) < 4.78 is 6.98. The number of benzene rings is 1. The molecule has 0 aliphatic carbocycles. The van der Waals surface area contributed by atoms with E-state index in [2.05, 4.69) is 15.3 Å². The fourth-order valence-corrected chi connectivity index (χ4v) is 2.05. The van der Waals surface area contributed by atoms with Crippen LogP contribution in [0.25, 0.3) is 11.0 Å². The van der Waals surface area contributed by atoms with Gasteiger partial charge in [0.2, 0.25) is 5.89 Å². The van der Waals surface area contributed by atoms with E-state index in [1.54, 1.807) is 12.1 Å². The quantitative estimate of drug-likeness (QED) is 0.781. The van der Waals surface area contributed by atoms with Crippen molar-refractivity contribution in [1.29, 1.82) is 0 Å². The minimum Gasteiger partial charge on any atom is -0.478 e. The van der Waals surface area contributed by atoms with Crippen LogP contribution >= 0.6 is 0 Å². The second kappa shape index (κ2) is 4.44. The van der Waals surface area contributed by atoms with Crippen LogP contribution in [-0.4, -0.2) is 31.1 Å². The summed E-state index contributed by atoms with van der Waals surface area (Å²) in [6.07, 6.45) is 0. The third-order valence-electron chi connectivity index (χ3n) is 3.12. The van der Waals surface area contributed by atoms with Gasteiger partial charge in [0.1, 0.15) is 23.3 Å².